The minimum atomic E-state index is -0.930. The molecule has 1 unspecified atom stereocenters. The number of carbonyl (C=O) groups excluding carboxylic acids is 2. The SMILES string of the molecule is C=C/C=C(\C=C)Oc1ccc(C(=O)NC(COC(C)(C)C)C(=O)OC)cn1. The van der Waals surface area contributed by atoms with Crippen LogP contribution in [0.4, 0.5) is 0 Å². The zero-order valence-corrected chi connectivity index (χ0v) is 16.2. The van der Waals surface area contributed by atoms with Crippen LogP contribution in [0.25, 0.3) is 0 Å². The number of aromatic nitrogens is 1. The van der Waals surface area contributed by atoms with Crippen molar-refractivity contribution in [2.24, 2.45) is 0 Å². The van der Waals surface area contributed by atoms with Gasteiger partial charge in [-0.25, -0.2) is 9.78 Å². The fourth-order valence-electron chi connectivity index (χ4n) is 1.84. The Morgan fingerprint density at radius 2 is 2.00 bits per heavy atom. The molecule has 0 fully saturated rings. The maximum atomic E-state index is 12.4. The highest BCUT2D eigenvalue weighted by molar-refractivity contribution is 5.96. The van der Waals surface area contributed by atoms with E-state index >= 15 is 0 Å². The van der Waals surface area contributed by atoms with Gasteiger partial charge in [-0.05, 0) is 39.0 Å². The molecule has 1 aromatic heterocycles. The van der Waals surface area contributed by atoms with Crippen LogP contribution in [0, 0.1) is 0 Å². The van der Waals surface area contributed by atoms with Crippen molar-refractivity contribution in [2.75, 3.05) is 13.7 Å². The number of ether oxygens (including phenoxy) is 3. The normalized spacial score (nSPS) is 12.7. The molecule has 27 heavy (non-hydrogen) atoms. The zero-order valence-electron chi connectivity index (χ0n) is 16.2. The first kappa shape index (κ1) is 22.1. The molecule has 0 saturated heterocycles. The summed E-state index contributed by atoms with van der Waals surface area (Å²) in [4.78, 5) is 28.4. The lowest BCUT2D eigenvalue weighted by molar-refractivity contribution is -0.146. The lowest BCUT2D eigenvalue weighted by Gasteiger charge is -2.23. The third kappa shape index (κ3) is 7.87. The highest BCUT2D eigenvalue weighted by Gasteiger charge is 2.25. The molecule has 1 N–H and O–H groups in total. The molecule has 0 aromatic carbocycles. The molecule has 1 rings (SSSR count). The number of nitrogens with one attached hydrogen (secondary N) is 1. The van der Waals surface area contributed by atoms with Crippen molar-refractivity contribution in [2.45, 2.75) is 32.4 Å². The van der Waals surface area contributed by atoms with Crippen molar-refractivity contribution in [3.63, 3.8) is 0 Å². The predicted octanol–water partition coefficient (Wildman–Crippen LogP) is 2.80. The molecule has 0 aliphatic carbocycles. The van der Waals surface area contributed by atoms with Crippen molar-refractivity contribution in [1.29, 1.82) is 0 Å². The highest BCUT2D eigenvalue weighted by Crippen LogP contribution is 2.13. The van der Waals surface area contributed by atoms with E-state index < -0.39 is 23.5 Å². The quantitative estimate of drug-likeness (QED) is 0.406. The van der Waals surface area contributed by atoms with Crippen molar-refractivity contribution < 1.29 is 23.8 Å². The second-order valence-corrected chi connectivity index (χ2v) is 6.47. The number of allylic oxidation sites excluding steroid dienone is 3. The van der Waals surface area contributed by atoms with Gasteiger partial charge < -0.3 is 19.5 Å². The van der Waals surface area contributed by atoms with Crippen LogP contribution in [0.5, 0.6) is 5.88 Å². The van der Waals surface area contributed by atoms with Gasteiger partial charge in [0.05, 0.1) is 24.9 Å². The number of rotatable bonds is 9. The van der Waals surface area contributed by atoms with Gasteiger partial charge >= 0.3 is 5.97 Å². The maximum Gasteiger partial charge on any atom is 0.330 e. The Morgan fingerprint density at radius 3 is 2.48 bits per heavy atom. The van der Waals surface area contributed by atoms with E-state index in [1.807, 2.05) is 20.8 Å². The first-order valence-electron chi connectivity index (χ1n) is 8.32. The van der Waals surface area contributed by atoms with Gasteiger partial charge in [0, 0.05) is 12.3 Å². The molecule has 0 bridgehead atoms. The molecule has 0 radical (unpaired) electrons. The minimum absolute atomic E-state index is 0.00835. The number of hydrogen-bond acceptors (Lipinski definition) is 6. The molecule has 0 spiro atoms. The fourth-order valence-corrected chi connectivity index (χ4v) is 1.84. The summed E-state index contributed by atoms with van der Waals surface area (Å²) in [5.41, 5.74) is -0.195. The van der Waals surface area contributed by atoms with E-state index in [2.05, 4.69) is 23.5 Å². The Kier molecular flexibility index (Phi) is 8.41. The van der Waals surface area contributed by atoms with Crippen molar-refractivity contribution in [1.82, 2.24) is 10.3 Å². The number of methoxy groups -OCH3 is 1. The Labute approximate surface area is 159 Å². The summed E-state index contributed by atoms with van der Waals surface area (Å²) in [5.74, 6) is -0.307. The predicted molar refractivity (Wildman–Crippen MR) is 102 cm³/mol. The van der Waals surface area contributed by atoms with E-state index in [4.69, 9.17) is 14.2 Å². The molecular weight excluding hydrogens is 348 g/mol. The van der Waals surface area contributed by atoms with Gasteiger partial charge in [-0.3, -0.25) is 4.79 Å². The number of carbonyl (C=O) groups is 2. The number of hydrogen-bond donors (Lipinski definition) is 1. The number of nitrogens with zero attached hydrogens (tertiary/aromatic N) is 1. The molecule has 7 heteroatoms. The summed E-state index contributed by atoms with van der Waals surface area (Å²) in [6.07, 6.45) is 6.05. The summed E-state index contributed by atoms with van der Waals surface area (Å²) < 4.78 is 15.8. The van der Waals surface area contributed by atoms with E-state index in [0.717, 1.165) is 0 Å². The van der Waals surface area contributed by atoms with E-state index in [-0.39, 0.29) is 12.2 Å². The van der Waals surface area contributed by atoms with Gasteiger partial charge in [0.25, 0.3) is 5.91 Å². The average Bonchev–Trinajstić information content (AvgIpc) is 2.63. The summed E-state index contributed by atoms with van der Waals surface area (Å²) in [6.45, 7) is 12.8. The molecule has 1 heterocycles. The Balaban J connectivity index is 2.81. The van der Waals surface area contributed by atoms with Gasteiger partial charge in [-0.1, -0.05) is 19.2 Å². The second-order valence-electron chi connectivity index (χ2n) is 6.47. The van der Waals surface area contributed by atoms with Crippen LogP contribution in [0.3, 0.4) is 0 Å². The van der Waals surface area contributed by atoms with Gasteiger partial charge in [-0.2, -0.15) is 0 Å². The molecule has 0 aliphatic rings. The van der Waals surface area contributed by atoms with Crippen LogP contribution in [0.2, 0.25) is 0 Å². The van der Waals surface area contributed by atoms with Gasteiger partial charge in [0.15, 0.2) is 6.04 Å². The van der Waals surface area contributed by atoms with Gasteiger partial charge in [-0.15, -0.1) is 0 Å². The monoisotopic (exact) mass is 374 g/mol. The number of amides is 1. The van der Waals surface area contributed by atoms with Crippen LogP contribution in [0.1, 0.15) is 31.1 Å². The Hall–Kier alpha value is -2.93. The summed E-state index contributed by atoms with van der Waals surface area (Å²) in [5, 5.41) is 2.59. The molecule has 7 nitrogen and oxygen atoms in total. The summed E-state index contributed by atoms with van der Waals surface area (Å²) >= 11 is 0. The van der Waals surface area contributed by atoms with E-state index in [0.29, 0.717) is 11.6 Å². The first-order chi connectivity index (χ1) is 12.7. The molecule has 1 atom stereocenters. The zero-order chi connectivity index (χ0) is 20.4. The van der Waals surface area contributed by atoms with Gasteiger partial charge in [0.1, 0.15) is 5.76 Å². The standard InChI is InChI=1S/C20H26N2O5/c1-7-9-15(8-2)27-17-11-10-14(12-21-17)18(23)22-16(19(24)25-6)13-26-20(3,4)5/h7-12,16H,1-2,13H2,3-6H3,(H,22,23)/b15-9+. The second kappa shape index (κ2) is 10.3. The Bertz CT molecular complexity index is 702. The van der Waals surface area contributed by atoms with E-state index in [9.17, 15) is 9.59 Å². The molecule has 146 valence electrons. The average molecular weight is 374 g/mol. The lowest BCUT2D eigenvalue weighted by Crippen LogP contribution is -2.46. The fraction of sp³-hybridized carbons (Fsp3) is 0.350. The molecule has 1 aromatic rings. The van der Waals surface area contributed by atoms with Crippen molar-refractivity contribution in [3.05, 3.63) is 61.0 Å². The highest BCUT2D eigenvalue weighted by atomic mass is 16.5. The van der Waals surface area contributed by atoms with Crippen LogP contribution < -0.4 is 10.1 Å². The smallest absolute Gasteiger partial charge is 0.330 e. The number of pyridine rings is 1. The van der Waals surface area contributed by atoms with Crippen LogP contribution in [0.15, 0.2) is 55.5 Å². The largest absolute Gasteiger partial charge is 0.467 e. The third-order valence-electron chi connectivity index (χ3n) is 3.18. The topological polar surface area (TPSA) is 86.8 Å². The third-order valence-corrected chi connectivity index (χ3v) is 3.18. The number of esters is 1. The van der Waals surface area contributed by atoms with E-state index in [1.54, 1.807) is 12.2 Å². The summed E-state index contributed by atoms with van der Waals surface area (Å²) in [7, 11) is 1.25. The van der Waals surface area contributed by atoms with Gasteiger partial charge in [0.2, 0.25) is 5.88 Å². The minimum Gasteiger partial charge on any atom is -0.467 e. The first-order valence-corrected chi connectivity index (χ1v) is 8.32. The van der Waals surface area contributed by atoms with E-state index in [1.165, 1.54) is 31.5 Å². The molecule has 1 amide bonds. The molecule has 0 aliphatic heterocycles. The van der Waals surface area contributed by atoms with Crippen LogP contribution in [-0.4, -0.2) is 42.2 Å². The van der Waals surface area contributed by atoms with Crippen molar-refractivity contribution >= 4 is 11.9 Å². The maximum absolute atomic E-state index is 12.4. The molecular formula is C20H26N2O5. The Morgan fingerprint density at radius 1 is 1.30 bits per heavy atom. The van der Waals surface area contributed by atoms with Crippen LogP contribution in [-0.2, 0) is 14.3 Å². The molecule has 0 saturated carbocycles. The summed E-state index contributed by atoms with van der Waals surface area (Å²) in [6, 6.07) is 2.14. The van der Waals surface area contributed by atoms with Crippen LogP contribution >= 0.6 is 0 Å². The lowest BCUT2D eigenvalue weighted by atomic mass is 10.2. The van der Waals surface area contributed by atoms with Crippen molar-refractivity contribution in [3.8, 4) is 5.88 Å².